The standard InChI is InChI=1S/C17H19NO/c1-13-7-9-15(10-8-13)17(18-11-16(19)12-18)14-5-3-2-4-6-14/h2-10,16-17,19H,11-12H2,1H3. The van der Waals surface area contributed by atoms with E-state index in [2.05, 4.69) is 60.4 Å². The van der Waals surface area contributed by atoms with Gasteiger partial charge in [0.1, 0.15) is 0 Å². The predicted octanol–water partition coefficient (Wildman–Crippen LogP) is 2.76. The van der Waals surface area contributed by atoms with E-state index in [1.54, 1.807) is 0 Å². The van der Waals surface area contributed by atoms with E-state index in [0.717, 1.165) is 13.1 Å². The average Bonchev–Trinajstić information content (AvgIpc) is 2.40. The summed E-state index contributed by atoms with van der Waals surface area (Å²) < 4.78 is 0. The fraction of sp³-hybridized carbons (Fsp3) is 0.294. The summed E-state index contributed by atoms with van der Waals surface area (Å²) in [5, 5.41) is 9.56. The molecule has 3 rings (SSSR count). The zero-order valence-electron chi connectivity index (χ0n) is 11.2. The monoisotopic (exact) mass is 253 g/mol. The van der Waals surface area contributed by atoms with Crippen LogP contribution >= 0.6 is 0 Å². The summed E-state index contributed by atoms with van der Waals surface area (Å²) in [5.74, 6) is 0. The van der Waals surface area contributed by atoms with Crippen molar-refractivity contribution in [1.29, 1.82) is 0 Å². The van der Waals surface area contributed by atoms with E-state index in [4.69, 9.17) is 0 Å². The highest BCUT2D eigenvalue weighted by molar-refractivity contribution is 5.34. The summed E-state index contributed by atoms with van der Waals surface area (Å²) in [6, 6.07) is 19.5. The Balaban J connectivity index is 1.95. The van der Waals surface area contributed by atoms with Crippen LogP contribution in [0.1, 0.15) is 22.7 Å². The molecule has 2 nitrogen and oxygen atoms in total. The third-order valence-electron chi connectivity index (χ3n) is 3.76. The van der Waals surface area contributed by atoms with Gasteiger partial charge in [0, 0.05) is 13.1 Å². The predicted molar refractivity (Wildman–Crippen MR) is 77.0 cm³/mol. The van der Waals surface area contributed by atoms with Crippen LogP contribution in [0.4, 0.5) is 0 Å². The SMILES string of the molecule is Cc1ccc(C(c2ccccc2)N2CC(O)C2)cc1. The van der Waals surface area contributed by atoms with E-state index in [1.165, 1.54) is 16.7 Å². The molecule has 1 N–H and O–H groups in total. The molecule has 1 fully saturated rings. The second-order valence-electron chi connectivity index (χ2n) is 5.33. The number of likely N-dealkylation sites (tertiary alicyclic amines) is 1. The lowest BCUT2D eigenvalue weighted by atomic mass is 9.93. The number of hydrogen-bond donors (Lipinski definition) is 1. The van der Waals surface area contributed by atoms with Gasteiger partial charge in [0.2, 0.25) is 0 Å². The molecule has 19 heavy (non-hydrogen) atoms. The topological polar surface area (TPSA) is 23.5 Å². The number of hydrogen-bond acceptors (Lipinski definition) is 2. The zero-order valence-corrected chi connectivity index (χ0v) is 11.2. The molecule has 2 aromatic carbocycles. The number of aryl methyl sites for hydroxylation is 1. The van der Waals surface area contributed by atoms with Crippen LogP contribution < -0.4 is 0 Å². The number of aliphatic hydroxyl groups is 1. The van der Waals surface area contributed by atoms with Gasteiger partial charge in [-0.2, -0.15) is 0 Å². The van der Waals surface area contributed by atoms with E-state index in [-0.39, 0.29) is 12.1 Å². The number of rotatable bonds is 3. The zero-order chi connectivity index (χ0) is 13.2. The maximum absolute atomic E-state index is 9.56. The molecule has 1 saturated heterocycles. The Morgan fingerprint density at radius 1 is 0.947 bits per heavy atom. The Labute approximate surface area is 114 Å². The van der Waals surface area contributed by atoms with E-state index in [9.17, 15) is 5.11 Å². The molecule has 1 atom stereocenters. The van der Waals surface area contributed by atoms with Crippen LogP contribution in [0, 0.1) is 6.92 Å². The molecule has 0 spiro atoms. The van der Waals surface area contributed by atoms with Crippen molar-refractivity contribution in [2.24, 2.45) is 0 Å². The lowest BCUT2D eigenvalue weighted by Crippen LogP contribution is -2.52. The highest BCUT2D eigenvalue weighted by atomic mass is 16.3. The molecule has 0 radical (unpaired) electrons. The van der Waals surface area contributed by atoms with Crippen molar-refractivity contribution >= 4 is 0 Å². The van der Waals surface area contributed by atoms with Gasteiger partial charge in [-0.1, -0.05) is 60.2 Å². The largest absolute Gasteiger partial charge is 0.390 e. The molecule has 2 aromatic rings. The van der Waals surface area contributed by atoms with Crippen LogP contribution in [0.3, 0.4) is 0 Å². The Morgan fingerprint density at radius 2 is 1.53 bits per heavy atom. The lowest BCUT2D eigenvalue weighted by molar-refractivity contribution is -0.0160. The average molecular weight is 253 g/mol. The van der Waals surface area contributed by atoms with Crippen LogP contribution in [0.2, 0.25) is 0 Å². The summed E-state index contributed by atoms with van der Waals surface area (Å²) >= 11 is 0. The third-order valence-corrected chi connectivity index (χ3v) is 3.76. The summed E-state index contributed by atoms with van der Waals surface area (Å²) in [6.07, 6.45) is -0.170. The molecule has 1 aliphatic rings. The molecule has 1 unspecified atom stereocenters. The Morgan fingerprint density at radius 3 is 2.11 bits per heavy atom. The maximum Gasteiger partial charge on any atom is 0.0794 e. The molecule has 98 valence electrons. The first kappa shape index (κ1) is 12.4. The van der Waals surface area contributed by atoms with Crippen molar-refractivity contribution < 1.29 is 5.11 Å². The van der Waals surface area contributed by atoms with Crippen molar-refractivity contribution in [2.45, 2.75) is 19.1 Å². The number of β-amino-alcohol motifs (C(OH)–C–C–N with tert-alkyl or cyclic N) is 1. The quantitative estimate of drug-likeness (QED) is 0.909. The third kappa shape index (κ3) is 2.55. The van der Waals surface area contributed by atoms with Gasteiger partial charge in [-0.05, 0) is 18.1 Å². The molecule has 0 aromatic heterocycles. The van der Waals surface area contributed by atoms with Crippen molar-refractivity contribution in [3.8, 4) is 0 Å². The fourth-order valence-corrected chi connectivity index (χ4v) is 2.70. The molecular weight excluding hydrogens is 234 g/mol. The summed E-state index contributed by atoms with van der Waals surface area (Å²) in [5.41, 5.74) is 3.86. The van der Waals surface area contributed by atoms with Gasteiger partial charge in [0.05, 0.1) is 12.1 Å². The number of benzene rings is 2. The summed E-state index contributed by atoms with van der Waals surface area (Å²) in [6.45, 7) is 3.62. The van der Waals surface area contributed by atoms with Gasteiger partial charge in [0.25, 0.3) is 0 Å². The van der Waals surface area contributed by atoms with Crippen molar-refractivity contribution in [3.63, 3.8) is 0 Å². The first-order chi connectivity index (χ1) is 9.24. The minimum absolute atomic E-state index is 0.170. The maximum atomic E-state index is 9.56. The lowest BCUT2D eigenvalue weighted by Gasteiger charge is -2.42. The van der Waals surface area contributed by atoms with Crippen LogP contribution in [-0.2, 0) is 0 Å². The number of aliphatic hydroxyl groups excluding tert-OH is 1. The van der Waals surface area contributed by atoms with E-state index >= 15 is 0 Å². The highest BCUT2D eigenvalue weighted by Gasteiger charge is 2.32. The van der Waals surface area contributed by atoms with E-state index in [0.29, 0.717) is 0 Å². The van der Waals surface area contributed by atoms with Gasteiger partial charge >= 0.3 is 0 Å². The van der Waals surface area contributed by atoms with Gasteiger partial charge in [-0.25, -0.2) is 0 Å². The Kier molecular flexibility index (Phi) is 3.36. The Bertz CT molecular complexity index is 529. The smallest absolute Gasteiger partial charge is 0.0794 e. The molecule has 1 heterocycles. The van der Waals surface area contributed by atoms with Crippen LogP contribution in [0.15, 0.2) is 54.6 Å². The molecule has 2 heteroatoms. The molecule has 0 saturated carbocycles. The fourth-order valence-electron chi connectivity index (χ4n) is 2.70. The molecule has 0 aliphatic carbocycles. The molecular formula is C17H19NO. The van der Waals surface area contributed by atoms with Gasteiger partial charge < -0.3 is 5.11 Å². The van der Waals surface area contributed by atoms with Crippen LogP contribution in [0.25, 0.3) is 0 Å². The second kappa shape index (κ2) is 5.16. The van der Waals surface area contributed by atoms with Crippen molar-refractivity contribution in [2.75, 3.05) is 13.1 Å². The van der Waals surface area contributed by atoms with Gasteiger partial charge in [0.15, 0.2) is 0 Å². The summed E-state index contributed by atoms with van der Waals surface area (Å²) in [7, 11) is 0. The number of nitrogens with zero attached hydrogens (tertiary/aromatic N) is 1. The molecule has 1 aliphatic heterocycles. The van der Waals surface area contributed by atoms with Gasteiger partial charge in [-0.15, -0.1) is 0 Å². The Hall–Kier alpha value is -1.64. The molecule has 0 amide bonds. The minimum Gasteiger partial charge on any atom is -0.390 e. The van der Waals surface area contributed by atoms with Crippen LogP contribution in [-0.4, -0.2) is 29.2 Å². The summed E-state index contributed by atoms with van der Waals surface area (Å²) in [4.78, 5) is 2.32. The van der Waals surface area contributed by atoms with E-state index < -0.39 is 0 Å². The first-order valence-electron chi connectivity index (χ1n) is 6.77. The molecule has 0 bridgehead atoms. The van der Waals surface area contributed by atoms with E-state index in [1.807, 2.05) is 6.07 Å². The second-order valence-corrected chi connectivity index (χ2v) is 5.33. The minimum atomic E-state index is -0.170. The highest BCUT2D eigenvalue weighted by Crippen LogP contribution is 2.32. The van der Waals surface area contributed by atoms with Gasteiger partial charge in [-0.3, -0.25) is 4.90 Å². The normalized spacial score (nSPS) is 18.0. The van der Waals surface area contributed by atoms with Crippen molar-refractivity contribution in [3.05, 3.63) is 71.3 Å². The van der Waals surface area contributed by atoms with Crippen molar-refractivity contribution in [1.82, 2.24) is 4.90 Å². The first-order valence-corrected chi connectivity index (χ1v) is 6.77. The van der Waals surface area contributed by atoms with Crippen LogP contribution in [0.5, 0.6) is 0 Å².